The van der Waals surface area contributed by atoms with Crippen LogP contribution >= 0.6 is 0 Å². The molecule has 2 aliphatic rings. The van der Waals surface area contributed by atoms with Gasteiger partial charge in [-0.25, -0.2) is 22.2 Å². The second-order valence-corrected chi connectivity index (χ2v) is 11.4. The Kier molecular flexibility index (Phi) is 6.65. The minimum atomic E-state index is -3.76. The molecule has 1 saturated heterocycles. The van der Waals surface area contributed by atoms with E-state index in [0.717, 1.165) is 43.6 Å². The van der Waals surface area contributed by atoms with Gasteiger partial charge in [0.15, 0.2) is 11.6 Å². The van der Waals surface area contributed by atoms with E-state index in [1.165, 1.54) is 10.4 Å². The predicted octanol–water partition coefficient (Wildman–Crippen LogP) is 4.84. The van der Waals surface area contributed by atoms with Crippen LogP contribution in [-0.2, 0) is 23.0 Å². The summed E-state index contributed by atoms with van der Waals surface area (Å²) in [6.07, 6.45) is 2.42. The lowest BCUT2D eigenvalue weighted by Gasteiger charge is -2.33. The van der Waals surface area contributed by atoms with Gasteiger partial charge in [-0.2, -0.15) is 9.29 Å². The summed E-state index contributed by atoms with van der Waals surface area (Å²) in [6, 6.07) is 10.0. The molecule has 2 aliphatic heterocycles. The Morgan fingerprint density at radius 3 is 2.50 bits per heavy atom. The number of hydrogen-bond donors (Lipinski definition) is 0. The number of hydrogen-bond acceptors (Lipinski definition) is 6. The highest BCUT2D eigenvalue weighted by Gasteiger charge is 2.33. The molecule has 0 bridgehead atoms. The molecule has 0 N–H and O–H groups in total. The summed E-state index contributed by atoms with van der Waals surface area (Å²) >= 11 is 0. The zero-order valence-corrected chi connectivity index (χ0v) is 21.1. The van der Waals surface area contributed by atoms with Crippen molar-refractivity contribution in [3.8, 4) is 11.6 Å². The summed E-state index contributed by atoms with van der Waals surface area (Å²) in [5, 5.41) is 0. The molecule has 0 unspecified atom stereocenters. The van der Waals surface area contributed by atoms with Crippen LogP contribution < -0.4 is 9.64 Å². The largest absolute Gasteiger partial charge is 0.438 e. The first-order valence-corrected chi connectivity index (χ1v) is 13.5. The number of aryl methyl sites for hydroxylation is 1. The maximum absolute atomic E-state index is 13.9. The van der Waals surface area contributed by atoms with Gasteiger partial charge in [-0.05, 0) is 55.5 Å². The standard InChI is InChI=1S/C26H28F2N4O3S/c1-17-8-11-31(12-9-17)26-29-24-10-13-32(36(33,34)20-5-3-4-18(2)14-20)16-21(24)25(30-26)35-19-6-7-22(27)23(28)15-19/h3-7,14-15,17H,8-13,16H2,1-2H3. The number of fused-ring (bicyclic) bond motifs is 1. The van der Waals surface area contributed by atoms with Crippen molar-refractivity contribution in [1.29, 1.82) is 0 Å². The number of aromatic nitrogens is 2. The van der Waals surface area contributed by atoms with Crippen LogP contribution in [0.5, 0.6) is 11.6 Å². The van der Waals surface area contributed by atoms with Gasteiger partial charge in [0.2, 0.25) is 21.9 Å². The van der Waals surface area contributed by atoms with Crippen LogP contribution in [0.4, 0.5) is 14.7 Å². The fourth-order valence-corrected chi connectivity index (χ4v) is 6.08. The van der Waals surface area contributed by atoms with Crippen LogP contribution in [-0.4, -0.2) is 42.3 Å². The molecule has 7 nitrogen and oxygen atoms in total. The summed E-state index contributed by atoms with van der Waals surface area (Å²) in [5.41, 5.74) is 2.07. The fourth-order valence-electron chi connectivity index (χ4n) is 4.56. The van der Waals surface area contributed by atoms with Gasteiger partial charge >= 0.3 is 0 Å². The van der Waals surface area contributed by atoms with Crippen LogP contribution in [0.3, 0.4) is 0 Å². The third kappa shape index (κ3) is 4.92. The van der Waals surface area contributed by atoms with Crippen LogP contribution in [0.25, 0.3) is 0 Å². The molecule has 36 heavy (non-hydrogen) atoms. The SMILES string of the molecule is Cc1cccc(S(=O)(=O)N2CCc3nc(N4CCC(C)CC4)nc(Oc4ccc(F)c(F)c4)c3C2)c1. The number of piperidine rings is 1. The third-order valence-electron chi connectivity index (χ3n) is 6.77. The summed E-state index contributed by atoms with van der Waals surface area (Å²) in [4.78, 5) is 11.7. The maximum atomic E-state index is 13.9. The molecular weight excluding hydrogens is 486 g/mol. The van der Waals surface area contributed by atoms with Crippen molar-refractivity contribution < 1.29 is 21.9 Å². The van der Waals surface area contributed by atoms with E-state index < -0.39 is 21.7 Å². The number of sulfonamides is 1. The third-order valence-corrected chi connectivity index (χ3v) is 8.62. The van der Waals surface area contributed by atoms with Crippen LogP contribution in [0.2, 0.25) is 0 Å². The molecule has 0 atom stereocenters. The van der Waals surface area contributed by atoms with E-state index in [9.17, 15) is 17.2 Å². The van der Waals surface area contributed by atoms with Crippen LogP contribution in [0.1, 0.15) is 36.6 Å². The van der Waals surface area contributed by atoms with E-state index >= 15 is 0 Å². The fraction of sp³-hybridized carbons (Fsp3) is 0.385. The molecule has 3 heterocycles. The second-order valence-electron chi connectivity index (χ2n) is 9.51. The molecule has 190 valence electrons. The normalized spacial score (nSPS) is 17.2. The average Bonchev–Trinajstić information content (AvgIpc) is 2.86. The molecule has 0 amide bonds. The van der Waals surface area contributed by atoms with E-state index in [0.29, 0.717) is 29.5 Å². The van der Waals surface area contributed by atoms with Gasteiger partial charge in [0.25, 0.3) is 0 Å². The first-order valence-electron chi connectivity index (χ1n) is 12.0. The molecule has 0 saturated carbocycles. The number of ether oxygens (including phenoxy) is 1. The Morgan fingerprint density at radius 1 is 1.00 bits per heavy atom. The molecule has 0 spiro atoms. The highest BCUT2D eigenvalue weighted by atomic mass is 32.2. The van der Waals surface area contributed by atoms with Crippen molar-refractivity contribution in [2.24, 2.45) is 5.92 Å². The molecule has 5 rings (SSSR count). The molecule has 1 aromatic heterocycles. The van der Waals surface area contributed by atoms with Gasteiger partial charge in [0, 0.05) is 38.7 Å². The molecular formula is C26H28F2N4O3S. The van der Waals surface area contributed by atoms with Crippen molar-refractivity contribution in [2.45, 2.75) is 44.6 Å². The van der Waals surface area contributed by atoms with Gasteiger partial charge < -0.3 is 9.64 Å². The monoisotopic (exact) mass is 514 g/mol. The summed E-state index contributed by atoms with van der Waals surface area (Å²) < 4.78 is 61.5. The van der Waals surface area contributed by atoms with Crippen molar-refractivity contribution >= 4 is 16.0 Å². The summed E-state index contributed by atoms with van der Waals surface area (Å²) in [6.45, 7) is 5.95. The quantitative estimate of drug-likeness (QED) is 0.485. The van der Waals surface area contributed by atoms with Crippen molar-refractivity contribution in [3.05, 3.63) is 70.9 Å². The van der Waals surface area contributed by atoms with Crippen molar-refractivity contribution in [3.63, 3.8) is 0 Å². The van der Waals surface area contributed by atoms with Gasteiger partial charge in [-0.15, -0.1) is 0 Å². The number of rotatable bonds is 5. The van der Waals surface area contributed by atoms with E-state index in [2.05, 4.69) is 16.8 Å². The first-order chi connectivity index (χ1) is 17.2. The zero-order chi connectivity index (χ0) is 25.4. The zero-order valence-electron chi connectivity index (χ0n) is 20.2. The molecule has 3 aromatic rings. The average molecular weight is 515 g/mol. The van der Waals surface area contributed by atoms with Crippen molar-refractivity contribution in [1.82, 2.24) is 14.3 Å². The van der Waals surface area contributed by atoms with Crippen LogP contribution in [0, 0.1) is 24.5 Å². The van der Waals surface area contributed by atoms with E-state index in [-0.39, 0.29) is 29.6 Å². The lowest BCUT2D eigenvalue weighted by Crippen LogP contribution is -2.38. The summed E-state index contributed by atoms with van der Waals surface area (Å²) in [7, 11) is -3.76. The summed E-state index contributed by atoms with van der Waals surface area (Å²) in [5.74, 6) is -0.657. The first kappa shape index (κ1) is 24.6. The van der Waals surface area contributed by atoms with E-state index in [1.54, 1.807) is 18.2 Å². The molecule has 1 fully saturated rings. The lowest BCUT2D eigenvalue weighted by molar-refractivity contribution is 0.367. The highest BCUT2D eigenvalue weighted by Crippen LogP contribution is 2.34. The minimum Gasteiger partial charge on any atom is -0.438 e. The Labute approximate surface area is 209 Å². The minimum absolute atomic E-state index is 0.0158. The van der Waals surface area contributed by atoms with Crippen molar-refractivity contribution in [2.75, 3.05) is 24.5 Å². The number of halogens is 2. The second kappa shape index (κ2) is 9.74. The smallest absolute Gasteiger partial charge is 0.243 e. The number of nitrogens with zero attached hydrogens (tertiary/aromatic N) is 4. The molecule has 0 aliphatic carbocycles. The van der Waals surface area contributed by atoms with E-state index in [1.807, 2.05) is 13.0 Å². The van der Waals surface area contributed by atoms with Gasteiger partial charge in [-0.3, -0.25) is 0 Å². The predicted molar refractivity (Wildman–Crippen MR) is 132 cm³/mol. The molecule has 0 radical (unpaired) electrons. The Bertz CT molecular complexity index is 1390. The van der Waals surface area contributed by atoms with Gasteiger partial charge in [0.1, 0.15) is 5.75 Å². The maximum Gasteiger partial charge on any atom is 0.243 e. The molecule has 10 heteroatoms. The van der Waals surface area contributed by atoms with E-state index in [4.69, 9.17) is 9.72 Å². The number of benzene rings is 2. The Balaban J connectivity index is 1.52. The number of anilines is 1. The van der Waals surface area contributed by atoms with Gasteiger partial charge in [0.05, 0.1) is 16.2 Å². The highest BCUT2D eigenvalue weighted by molar-refractivity contribution is 7.89. The molecule has 2 aromatic carbocycles. The topological polar surface area (TPSA) is 75.6 Å². The van der Waals surface area contributed by atoms with Crippen LogP contribution in [0.15, 0.2) is 47.4 Å². The van der Waals surface area contributed by atoms with Gasteiger partial charge in [-0.1, -0.05) is 19.1 Å². The Hall–Kier alpha value is -3.11. The Morgan fingerprint density at radius 2 is 1.78 bits per heavy atom. The lowest BCUT2D eigenvalue weighted by atomic mass is 9.99.